The molecule has 0 unspecified atom stereocenters. The number of halogens is 3. The van der Waals surface area contributed by atoms with Crippen molar-refractivity contribution < 1.29 is 101 Å². The zero-order valence-electron chi connectivity index (χ0n) is 23.3. The van der Waals surface area contributed by atoms with Crippen LogP contribution in [0.2, 0.25) is 0 Å². The quantitative estimate of drug-likeness (QED) is 0.161. The van der Waals surface area contributed by atoms with Gasteiger partial charge in [-0.1, -0.05) is 23.2 Å². The summed E-state index contributed by atoms with van der Waals surface area (Å²) in [6.07, 6.45) is 0. The van der Waals surface area contributed by atoms with E-state index in [2.05, 4.69) is 14.9 Å². The molecule has 0 saturated carbocycles. The third kappa shape index (κ3) is 38.8. The average Bonchev–Trinajstić information content (AvgIpc) is 2.36. The predicted molar refractivity (Wildman–Crippen MR) is 137 cm³/mol. The molecule has 18 heteroatoms. The van der Waals surface area contributed by atoms with E-state index in [0.29, 0.717) is 0 Å². The number of hydrogen-bond acceptors (Lipinski definition) is 11. The molecule has 0 aliphatic heterocycles. The molecule has 0 aromatic heterocycles. The van der Waals surface area contributed by atoms with Crippen LogP contribution < -0.4 is 56.3 Å². The molecule has 0 saturated heterocycles. The molecule has 0 fully saturated rings. The SMILES string of the molecule is CC(C)(C)OP(=O)(OCCl)OC(C)(C)C.CC(C)(C)OP(=O)([O-])OC(C)(C)C.O=S(=O)(Cl)OCCl.[K+]. The molecular formula is C18H40Cl3KO11P2S. The Kier molecular flexibility index (Phi) is 23.1. The van der Waals surface area contributed by atoms with Crippen molar-refractivity contribution in [3.05, 3.63) is 0 Å². The molecular weight excluding hydrogens is 632 g/mol. The minimum atomic E-state index is -4.19. The average molecular weight is 672 g/mol. The van der Waals surface area contributed by atoms with Crippen molar-refractivity contribution in [1.29, 1.82) is 0 Å². The summed E-state index contributed by atoms with van der Waals surface area (Å²) in [5, 5.41) is 0. The van der Waals surface area contributed by atoms with Gasteiger partial charge in [0.2, 0.25) is 0 Å². The van der Waals surface area contributed by atoms with Gasteiger partial charge in [-0.05, 0) is 83.1 Å². The van der Waals surface area contributed by atoms with Gasteiger partial charge < -0.3 is 13.9 Å². The van der Waals surface area contributed by atoms with Gasteiger partial charge in [0.05, 0.1) is 22.4 Å². The second-order valence-corrected chi connectivity index (χ2v) is 15.9. The third-order valence-corrected chi connectivity index (χ3v) is 6.63. The van der Waals surface area contributed by atoms with Gasteiger partial charge in [0.25, 0.3) is 7.82 Å². The molecule has 0 N–H and O–H groups in total. The van der Waals surface area contributed by atoms with Gasteiger partial charge in [0.15, 0.2) is 0 Å². The van der Waals surface area contributed by atoms with Crippen molar-refractivity contribution in [3.8, 4) is 0 Å². The van der Waals surface area contributed by atoms with Crippen molar-refractivity contribution in [2.75, 3.05) is 12.1 Å². The smallest absolute Gasteiger partial charge is 0.756 e. The third-order valence-electron chi connectivity index (χ3n) is 1.93. The Bertz CT molecular complexity index is 763. The summed E-state index contributed by atoms with van der Waals surface area (Å²) in [5.41, 5.74) is -2.73. The summed E-state index contributed by atoms with van der Waals surface area (Å²) in [6.45, 7) is 20.5. The first-order valence-electron chi connectivity index (χ1n) is 10.0. The normalized spacial score (nSPS) is 13.6. The summed E-state index contributed by atoms with van der Waals surface area (Å²) in [6, 6.07) is -0.671. The molecule has 0 amide bonds. The number of phosphoric ester groups is 2. The van der Waals surface area contributed by atoms with Crippen molar-refractivity contribution in [2.24, 2.45) is 0 Å². The Morgan fingerprint density at radius 3 is 1.08 bits per heavy atom. The topological polar surface area (TPSA) is 147 Å². The molecule has 0 bridgehead atoms. The van der Waals surface area contributed by atoms with Crippen LogP contribution in [0.1, 0.15) is 83.1 Å². The van der Waals surface area contributed by atoms with Crippen LogP contribution in [0, 0.1) is 0 Å². The zero-order chi connectivity index (χ0) is 29.2. The molecule has 11 nitrogen and oxygen atoms in total. The summed E-state index contributed by atoms with van der Waals surface area (Å²) < 4.78 is 71.4. The Morgan fingerprint density at radius 1 is 0.667 bits per heavy atom. The van der Waals surface area contributed by atoms with E-state index in [0.717, 1.165) is 0 Å². The fourth-order valence-electron chi connectivity index (χ4n) is 1.54. The maximum atomic E-state index is 12.1. The Hall–Kier alpha value is 2.64. The van der Waals surface area contributed by atoms with Crippen LogP contribution in [0.5, 0.6) is 0 Å². The van der Waals surface area contributed by atoms with Crippen LogP contribution in [0.25, 0.3) is 0 Å². The molecule has 0 radical (unpaired) electrons. The maximum Gasteiger partial charge on any atom is 1.00 e. The molecule has 0 aromatic carbocycles. The largest absolute Gasteiger partial charge is 1.00 e. The summed E-state index contributed by atoms with van der Waals surface area (Å²) >= 11 is 10.2. The van der Waals surface area contributed by atoms with Crippen molar-refractivity contribution in [2.45, 2.75) is 105 Å². The Morgan fingerprint density at radius 2 is 0.944 bits per heavy atom. The van der Waals surface area contributed by atoms with E-state index < -0.39 is 53.4 Å². The minimum Gasteiger partial charge on any atom is -0.756 e. The molecule has 0 rings (SSSR count). The van der Waals surface area contributed by atoms with Crippen molar-refractivity contribution in [3.63, 3.8) is 0 Å². The molecule has 0 aliphatic carbocycles. The number of alkyl halides is 2. The molecule has 0 aromatic rings. The standard InChI is InChI=1S/C9H20ClO4P.C8H19O4P.CH2Cl2O3S.K/c1-8(2,3)13-15(11,12-7-10)14-9(4,5)6;1-7(2,3)11-13(9,10)12-8(4,5)6;2-1-6-7(3,4)5;/h7H2,1-6H3;1-6H3,(H,9,10);1H2;/q;;;+1/p-1. The number of hydrogen-bond donors (Lipinski definition) is 0. The number of phosphoric acid groups is 2. The van der Waals surface area contributed by atoms with E-state index in [1.54, 1.807) is 83.1 Å². The molecule has 0 atom stereocenters. The first-order chi connectivity index (χ1) is 14.9. The summed E-state index contributed by atoms with van der Waals surface area (Å²) in [4.78, 5) is 11.2. The fourth-order valence-corrected chi connectivity index (χ4v) is 5.61. The first-order valence-corrected chi connectivity index (χ1v) is 16.3. The van der Waals surface area contributed by atoms with E-state index in [1.807, 2.05) is 0 Å². The Labute approximate surface area is 274 Å². The van der Waals surface area contributed by atoms with E-state index in [4.69, 9.17) is 45.8 Å². The van der Waals surface area contributed by atoms with Crippen molar-refractivity contribution in [1.82, 2.24) is 0 Å². The van der Waals surface area contributed by atoms with E-state index in [9.17, 15) is 22.4 Å². The van der Waals surface area contributed by atoms with Crippen LogP contribution in [0.15, 0.2) is 0 Å². The summed E-state index contributed by atoms with van der Waals surface area (Å²) in [7, 11) is -7.11. The second kappa shape index (κ2) is 18.2. The molecule has 0 heterocycles. The maximum absolute atomic E-state index is 12.1. The molecule has 0 aliphatic rings. The van der Waals surface area contributed by atoms with Crippen LogP contribution in [0.3, 0.4) is 0 Å². The molecule has 0 spiro atoms. The van der Waals surface area contributed by atoms with E-state index >= 15 is 0 Å². The second-order valence-electron chi connectivity index (χ2n) is 10.6. The van der Waals surface area contributed by atoms with Gasteiger partial charge in [-0.15, -0.1) is 0 Å². The number of rotatable bonds is 8. The van der Waals surface area contributed by atoms with Gasteiger partial charge in [0, 0.05) is 10.7 Å². The molecule has 36 heavy (non-hydrogen) atoms. The first kappa shape index (κ1) is 45.6. The van der Waals surface area contributed by atoms with Gasteiger partial charge in [-0.2, -0.15) is 8.42 Å². The monoisotopic (exact) mass is 670 g/mol. The van der Waals surface area contributed by atoms with Crippen LogP contribution in [-0.2, 0) is 45.3 Å². The molecule has 216 valence electrons. The van der Waals surface area contributed by atoms with Crippen LogP contribution in [-0.4, -0.2) is 43.0 Å². The van der Waals surface area contributed by atoms with Crippen LogP contribution >= 0.6 is 49.5 Å². The Balaban J connectivity index is -0.000000223. The van der Waals surface area contributed by atoms with E-state index in [-0.39, 0.29) is 57.5 Å². The zero-order valence-corrected chi connectivity index (χ0v) is 31.3. The van der Waals surface area contributed by atoms with Gasteiger partial charge in [-0.3, -0.25) is 18.1 Å². The van der Waals surface area contributed by atoms with Gasteiger partial charge in [-0.25, -0.2) is 8.75 Å². The summed E-state index contributed by atoms with van der Waals surface area (Å²) in [5.74, 6) is 0. The fraction of sp³-hybridized carbons (Fsp3) is 1.00. The van der Waals surface area contributed by atoms with E-state index in [1.165, 1.54) is 0 Å². The minimum absolute atomic E-state index is 0. The van der Waals surface area contributed by atoms with Gasteiger partial charge >= 0.3 is 68.5 Å². The van der Waals surface area contributed by atoms with Gasteiger partial charge in [0.1, 0.15) is 12.1 Å². The predicted octanol–water partition coefficient (Wildman–Crippen LogP) is 3.71. The van der Waals surface area contributed by atoms with Crippen LogP contribution in [0.4, 0.5) is 0 Å². The van der Waals surface area contributed by atoms with Crippen molar-refractivity contribution >= 4 is 58.9 Å².